The number of rotatable bonds is 6. The van der Waals surface area contributed by atoms with E-state index in [4.69, 9.17) is 12.6 Å². The second-order valence-corrected chi connectivity index (χ2v) is 11.8. The summed E-state index contributed by atoms with van der Waals surface area (Å²) in [6, 6.07) is 27.0. The summed E-state index contributed by atoms with van der Waals surface area (Å²) < 4.78 is 18.0. The predicted octanol–water partition coefficient (Wildman–Crippen LogP) is 5.06. The van der Waals surface area contributed by atoms with Crippen LogP contribution in [-0.4, -0.2) is 29.5 Å². The summed E-state index contributed by atoms with van der Waals surface area (Å²) in [6.45, 7) is 1.33. The average molecular weight is 734 g/mol. The third kappa shape index (κ3) is 12.5. The van der Waals surface area contributed by atoms with Crippen molar-refractivity contribution in [2.75, 3.05) is 0 Å². The van der Waals surface area contributed by atoms with Gasteiger partial charge in [-0.25, -0.2) is 9.97 Å². The van der Waals surface area contributed by atoms with Crippen molar-refractivity contribution in [2.45, 2.75) is 27.9 Å². The molecular weight excluding hydrogens is 710 g/mol. The van der Waals surface area contributed by atoms with E-state index in [0.717, 1.165) is 36.5 Å². The van der Waals surface area contributed by atoms with Gasteiger partial charge in [-0.05, 0) is 67.3 Å². The molecule has 0 aliphatic carbocycles. The van der Waals surface area contributed by atoms with E-state index in [1.165, 1.54) is 17.2 Å². The molecule has 0 N–H and O–H groups in total. The van der Waals surface area contributed by atoms with E-state index >= 15 is 0 Å². The molecule has 0 aliphatic heterocycles. The Labute approximate surface area is 293 Å². The molecule has 12 heteroatoms. The number of halogens is 3. The zero-order valence-corrected chi connectivity index (χ0v) is 29.4. The largest absolute Gasteiger partial charge is 1.00 e. The van der Waals surface area contributed by atoms with Crippen LogP contribution in [0.3, 0.4) is 0 Å². The quantitative estimate of drug-likeness (QED) is 0.136. The normalized spacial score (nSPS) is 9.98. The Morgan fingerprint density at radius 2 is 1.19 bits per heavy atom. The Kier molecular flexibility index (Phi) is 14.9. The molecule has 0 amide bonds. The first-order chi connectivity index (χ1) is 19.9. The van der Waals surface area contributed by atoms with Crippen LogP contribution in [0.25, 0.3) is 0 Å². The van der Waals surface area contributed by atoms with Crippen LogP contribution >= 0.6 is 43.6 Å². The number of pyridine rings is 2. The van der Waals surface area contributed by atoms with Gasteiger partial charge < -0.3 is 12.6 Å². The number of hydrogen-bond acceptors (Lipinski definition) is 6. The van der Waals surface area contributed by atoms with Crippen LogP contribution < -0.4 is 29.6 Å². The molecule has 4 aromatic heterocycles. The summed E-state index contributed by atoms with van der Waals surface area (Å²) in [4.78, 5) is 10.2. The molecule has 0 radical (unpaired) electrons. The molecule has 4 heterocycles. The minimum Gasteiger partial charge on any atom is -0.780 e. The summed E-state index contributed by atoms with van der Waals surface area (Å²) >= 11 is 13.2. The van der Waals surface area contributed by atoms with Gasteiger partial charge >= 0.3 is 29.6 Å². The van der Waals surface area contributed by atoms with Crippen molar-refractivity contribution in [1.29, 1.82) is 0 Å². The predicted molar refractivity (Wildman–Crippen MR) is 169 cm³/mol. The third-order valence-corrected chi connectivity index (χ3v) is 7.24. The maximum Gasteiger partial charge on any atom is 1.00 e. The van der Waals surface area contributed by atoms with Gasteiger partial charge in [-0.3, -0.25) is 9.36 Å². The Bertz CT molecular complexity index is 1600. The van der Waals surface area contributed by atoms with Gasteiger partial charge in [0.25, 0.3) is 0 Å². The molecule has 6 rings (SSSR count). The van der Waals surface area contributed by atoms with Gasteiger partial charge in [-0.15, -0.1) is 0 Å². The molecule has 0 unspecified atom stereocenters. The van der Waals surface area contributed by atoms with Crippen molar-refractivity contribution in [2.24, 2.45) is 0 Å². The van der Waals surface area contributed by atoms with E-state index < -0.39 is 5.95 Å². The van der Waals surface area contributed by atoms with Crippen LogP contribution in [0.2, 0.25) is 0 Å². The fourth-order valence-electron chi connectivity index (χ4n) is 3.32. The molecule has 0 fully saturated rings. The number of nitrogens with zero attached hydrogens (tertiary/aromatic N) is 6. The molecule has 42 heavy (non-hydrogen) atoms. The minimum atomic E-state index is -0.463. The fraction of sp³-hybridized carbons (Fsp3) is 0.0667. The Balaban J connectivity index is 0.000000191. The van der Waals surface area contributed by atoms with Gasteiger partial charge in [0.1, 0.15) is 5.03 Å². The van der Waals surface area contributed by atoms with Gasteiger partial charge in [0.2, 0.25) is 5.95 Å². The van der Waals surface area contributed by atoms with Gasteiger partial charge in [-0.1, -0.05) is 72.4 Å². The fourth-order valence-corrected chi connectivity index (χ4v) is 4.91. The first kappa shape index (κ1) is 34.1. The molecule has 0 aliphatic rings. The smallest absolute Gasteiger partial charge is 0.780 e. The van der Waals surface area contributed by atoms with E-state index in [0.29, 0.717) is 6.54 Å². The molecule has 0 atom stereocenters. The van der Waals surface area contributed by atoms with E-state index in [9.17, 15) is 4.39 Å². The Hall–Kier alpha value is -2.38. The molecule has 0 saturated heterocycles. The summed E-state index contributed by atoms with van der Waals surface area (Å²) in [5.41, 5.74) is 2.06. The van der Waals surface area contributed by atoms with Crippen LogP contribution in [0, 0.1) is 5.95 Å². The minimum absolute atomic E-state index is 0. The van der Waals surface area contributed by atoms with Crippen LogP contribution in [0.5, 0.6) is 0 Å². The zero-order chi connectivity index (χ0) is 28.9. The average Bonchev–Trinajstić information content (AvgIpc) is 3.59. The standard InChI is InChI=1S/C15H12BrN3S.C9H7BrFN3.C6H6S.Na/c16-13-9-18-19(11-13)10-12-6-7-15(17-8-12)20-14-4-2-1-3-5-14;10-8-4-13-14(6-8)5-7-1-2-9(11)12-3-7;7-6-4-2-1-3-5-6;/h1-9,11H,10H2;1-4,6H,5H2;1-5,7H;/q;;;+1/p-1. The maximum atomic E-state index is 12.5. The molecular formula is C30H24Br2FN6NaS2. The molecule has 0 spiro atoms. The van der Waals surface area contributed by atoms with Gasteiger partial charge in [0.15, 0.2) is 0 Å². The van der Waals surface area contributed by atoms with Crippen LogP contribution in [0.1, 0.15) is 11.1 Å². The monoisotopic (exact) mass is 732 g/mol. The molecule has 0 bridgehead atoms. The second kappa shape index (κ2) is 18.3. The van der Waals surface area contributed by atoms with Crippen LogP contribution in [0.15, 0.2) is 146 Å². The summed E-state index contributed by atoms with van der Waals surface area (Å²) in [6.07, 6.45) is 10.7. The third-order valence-electron chi connectivity index (χ3n) is 5.19. The summed E-state index contributed by atoms with van der Waals surface area (Å²) in [5.74, 6) is -0.463. The molecule has 6 aromatic rings. The molecule has 0 saturated carbocycles. The zero-order valence-electron chi connectivity index (χ0n) is 22.6. The first-order valence-corrected chi connectivity index (χ1v) is 15.1. The van der Waals surface area contributed by atoms with Crippen molar-refractivity contribution in [3.05, 3.63) is 148 Å². The van der Waals surface area contributed by atoms with Crippen molar-refractivity contribution >= 4 is 56.3 Å². The van der Waals surface area contributed by atoms with E-state index in [2.05, 4.69) is 70.2 Å². The van der Waals surface area contributed by atoms with Crippen molar-refractivity contribution in [3.8, 4) is 0 Å². The first-order valence-electron chi connectivity index (χ1n) is 12.3. The molecule has 2 aromatic carbocycles. The van der Waals surface area contributed by atoms with Gasteiger partial charge in [-0.2, -0.15) is 19.5 Å². The summed E-state index contributed by atoms with van der Waals surface area (Å²) in [7, 11) is 0. The van der Waals surface area contributed by atoms with Crippen molar-refractivity contribution < 1.29 is 33.9 Å². The SMILES string of the molecule is Brc1cnn(Cc2ccc(Sc3ccccc3)nc2)c1.Fc1ccc(Cn2cc(Br)cn2)cn1.[Na+].[S-]c1ccccc1. The van der Waals surface area contributed by atoms with Crippen LogP contribution in [-0.2, 0) is 25.7 Å². The van der Waals surface area contributed by atoms with Crippen LogP contribution in [0.4, 0.5) is 4.39 Å². The van der Waals surface area contributed by atoms with Crippen molar-refractivity contribution in [3.63, 3.8) is 0 Å². The van der Waals surface area contributed by atoms with E-state index in [1.54, 1.807) is 34.9 Å². The van der Waals surface area contributed by atoms with E-state index in [1.807, 2.05) is 77.9 Å². The van der Waals surface area contributed by atoms with E-state index in [-0.39, 0.29) is 29.6 Å². The Morgan fingerprint density at radius 3 is 1.60 bits per heavy atom. The number of aromatic nitrogens is 6. The topological polar surface area (TPSA) is 61.4 Å². The van der Waals surface area contributed by atoms with Gasteiger partial charge in [0, 0.05) is 29.7 Å². The Morgan fingerprint density at radius 1 is 0.667 bits per heavy atom. The molecule has 6 nitrogen and oxygen atoms in total. The summed E-state index contributed by atoms with van der Waals surface area (Å²) in [5, 5.41) is 9.32. The number of benzene rings is 2. The van der Waals surface area contributed by atoms with Gasteiger partial charge in [0.05, 0.1) is 34.4 Å². The molecule has 208 valence electrons. The number of hydrogen-bond donors (Lipinski definition) is 0. The second-order valence-electron chi connectivity index (χ2n) is 8.43. The maximum absolute atomic E-state index is 12.5. The van der Waals surface area contributed by atoms with Crippen molar-refractivity contribution in [1.82, 2.24) is 29.5 Å².